The number of nitrogens with zero attached hydrogens (tertiary/aromatic N) is 6. The third-order valence-electron chi connectivity index (χ3n) is 6.36. The Morgan fingerprint density at radius 1 is 1.10 bits per heavy atom. The summed E-state index contributed by atoms with van der Waals surface area (Å²) in [6.45, 7) is 2.38. The van der Waals surface area contributed by atoms with Crippen LogP contribution in [0, 0.1) is 11.8 Å². The van der Waals surface area contributed by atoms with Crippen LogP contribution in [-0.4, -0.2) is 63.5 Å². The third-order valence-corrected chi connectivity index (χ3v) is 7.22. The fourth-order valence-electron chi connectivity index (χ4n) is 4.87. The molecule has 0 amide bonds. The van der Waals surface area contributed by atoms with Crippen molar-refractivity contribution in [3.63, 3.8) is 0 Å². The van der Waals surface area contributed by atoms with E-state index >= 15 is 0 Å². The first-order chi connectivity index (χ1) is 14.2. The molecule has 1 unspecified atom stereocenters. The normalized spacial score (nSPS) is 23.4. The Morgan fingerprint density at radius 2 is 1.93 bits per heavy atom. The van der Waals surface area contributed by atoms with Crippen LogP contribution in [0.2, 0.25) is 0 Å². The standard InChI is InChI=1S/C21H21N7S/c1-27-9-15-16(10-27)20(15)28(2)18-6-5-17(25-26-18)14-4-3-13(12-7-23-24-8-12)19-21(14)29-11-22-19/h3-8,11,15-16,20H,9-10H2,1-2H3,(H,23,24)/t15-,16+,20?. The largest absolute Gasteiger partial charge is 0.355 e. The first-order valence-electron chi connectivity index (χ1n) is 9.81. The molecule has 1 saturated carbocycles. The SMILES string of the molecule is CN1C[C@@H]2C(N(C)c3ccc(-c4ccc(-c5cn[nH]c5)c5ncsc45)nn3)[C@@H]2C1. The monoisotopic (exact) mass is 403 g/mol. The number of rotatable bonds is 4. The van der Waals surface area contributed by atoms with Crippen molar-refractivity contribution in [2.24, 2.45) is 11.8 Å². The Labute approximate surface area is 172 Å². The number of thiazole rings is 1. The Bertz CT molecular complexity index is 1160. The zero-order valence-electron chi connectivity index (χ0n) is 16.3. The molecular weight excluding hydrogens is 382 g/mol. The van der Waals surface area contributed by atoms with Gasteiger partial charge in [-0.3, -0.25) is 5.10 Å². The van der Waals surface area contributed by atoms with Crippen LogP contribution in [0.15, 0.2) is 42.2 Å². The van der Waals surface area contributed by atoms with Gasteiger partial charge in [0.15, 0.2) is 5.82 Å². The second-order valence-electron chi connectivity index (χ2n) is 8.10. The lowest BCUT2D eigenvalue weighted by Crippen LogP contribution is -2.31. The van der Waals surface area contributed by atoms with Gasteiger partial charge in [0.1, 0.15) is 0 Å². The maximum Gasteiger partial charge on any atom is 0.151 e. The van der Waals surface area contributed by atoms with E-state index in [1.54, 1.807) is 11.3 Å². The lowest BCUT2D eigenvalue weighted by Gasteiger charge is -2.22. The molecule has 1 aromatic carbocycles. The van der Waals surface area contributed by atoms with E-state index in [-0.39, 0.29) is 0 Å². The maximum atomic E-state index is 4.59. The average Bonchev–Trinajstić information content (AvgIpc) is 3.26. The third kappa shape index (κ3) is 2.67. The summed E-state index contributed by atoms with van der Waals surface area (Å²) in [5, 5.41) is 16.1. The predicted molar refractivity (Wildman–Crippen MR) is 115 cm³/mol. The number of aromatic amines is 1. The summed E-state index contributed by atoms with van der Waals surface area (Å²) in [6, 6.07) is 8.98. The number of benzene rings is 1. The molecule has 1 saturated heterocycles. The van der Waals surface area contributed by atoms with Crippen LogP contribution in [0.4, 0.5) is 5.82 Å². The molecule has 29 heavy (non-hydrogen) atoms. The van der Waals surface area contributed by atoms with Gasteiger partial charge in [-0.15, -0.1) is 21.5 Å². The highest BCUT2D eigenvalue weighted by Gasteiger charge is 2.57. The maximum absolute atomic E-state index is 4.59. The van der Waals surface area contributed by atoms with Crippen LogP contribution in [0.1, 0.15) is 0 Å². The lowest BCUT2D eigenvalue weighted by atomic mass is 10.0. The van der Waals surface area contributed by atoms with E-state index in [1.807, 2.05) is 17.9 Å². The smallest absolute Gasteiger partial charge is 0.151 e. The van der Waals surface area contributed by atoms with Gasteiger partial charge in [-0.1, -0.05) is 12.1 Å². The molecule has 1 aliphatic heterocycles. The van der Waals surface area contributed by atoms with E-state index in [2.05, 4.69) is 73.5 Å². The number of aromatic nitrogens is 5. The summed E-state index contributed by atoms with van der Waals surface area (Å²) < 4.78 is 1.12. The van der Waals surface area contributed by atoms with Gasteiger partial charge in [-0.2, -0.15) is 5.10 Å². The van der Waals surface area contributed by atoms with Crippen LogP contribution in [0.25, 0.3) is 32.6 Å². The number of fused-ring (bicyclic) bond motifs is 2. The molecule has 4 heterocycles. The van der Waals surface area contributed by atoms with E-state index in [9.17, 15) is 0 Å². The van der Waals surface area contributed by atoms with Crippen LogP contribution >= 0.6 is 11.3 Å². The zero-order valence-corrected chi connectivity index (χ0v) is 17.1. The van der Waals surface area contributed by atoms with Crippen molar-refractivity contribution in [2.75, 3.05) is 32.1 Å². The second-order valence-corrected chi connectivity index (χ2v) is 8.96. The number of nitrogens with one attached hydrogen (secondary N) is 1. The highest BCUT2D eigenvalue weighted by atomic mass is 32.1. The molecule has 2 fully saturated rings. The first-order valence-corrected chi connectivity index (χ1v) is 10.7. The minimum absolute atomic E-state index is 0.605. The number of anilines is 1. The molecule has 3 aromatic heterocycles. The zero-order chi connectivity index (χ0) is 19.5. The summed E-state index contributed by atoms with van der Waals surface area (Å²) >= 11 is 1.63. The highest BCUT2D eigenvalue weighted by molar-refractivity contribution is 7.17. The van der Waals surface area contributed by atoms with Gasteiger partial charge in [0.05, 0.1) is 27.6 Å². The van der Waals surface area contributed by atoms with Crippen LogP contribution in [-0.2, 0) is 0 Å². The second kappa shape index (κ2) is 6.33. The van der Waals surface area contributed by atoms with Gasteiger partial charge in [-0.05, 0) is 31.0 Å². The van der Waals surface area contributed by atoms with Gasteiger partial charge in [0.25, 0.3) is 0 Å². The first kappa shape index (κ1) is 17.1. The van der Waals surface area contributed by atoms with Crippen molar-refractivity contribution >= 4 is 27.4 Å². The molecule has 2 aliphatic rings. The van der Waals surface area contributed by atoms with Crippen molar-refractivity contribution in [3.8, 4) is 22.4 Å². The predicted octanol–water partition coefficient (Wildman–Crippen LogP) is 3.14. The molecule has 0 bridgehead atoms. The van der Waals surface area contributed by atoms with Gasteiger partial charge >= 0.3 is 0 Å². The van der Waals surface area contributed by atoms with Crippen molar-refractivity contribution in [1.29, 1.82) is 0 Å². The Balaban J connectivity index is 1.30. The molecule has 3 atom stereocenters. The number of hydrogen-bond acceptors (Lipinski definition) is 7. The summed E-state index contributed by atoms with van der Waals surface area (Å²) in [7, 11) is 4.35. The molecule has 4 aromatic rings. The van der Waals surface area contributed by atoms with Crippen molar-refractivity contribution in [1.82, 2.24) is 30.3 Å². The average molecular weight is 404 g/mol. The van der Waals surface area contributed by atoms with Crippen molar-refractivity contribution in [2.45, 2.75) is 6.04 Å². The fraction of sp³-hybridized carbons (Fsp3) is 0.333. The highest BCUT2D eigenvalue weighted by Crippen LogP contribution is 2.48. The molecule has 6 rings (SSSR count). The summed E-state index contributed by atoms with van der Waals surface area (Å²) in [5.41, 5.74) is 6.93. The van der Waals surface area contributed by atoms with Gasteiger partial charge in [0.2, 0.25) is 0 Å². The minimum atomic E-state index is 0.605. The number of hydrogen-bond donors (Lipinski definition) is 1. The minimum Gasteiger partial charge on any atom is -0.355 e. The number of piperidine rings is 1. The molecule has 146 valence electrons. The Kier molecular flexibility index (Phi) is 3.72. The summed E-state index contributed by atoms with van der Waals surface area (Å²) in [6.07, 6.45) is 3.71. The van der Waals surface area contributed by atoms with Crippen LogP contribution in [0.5, 0.6) is 0 Å². The van der Waals surface area contributed by atoms with Gasteiger partial charge < -0.3 is 9.80 Å². The van der Waals surface area contributed by atoms with E-state index in [0.717, 1.165) is 50.3 Å². The van der Waals surface area contributed by atoms with Crippen LogP contribution < -0.4 is 4.90 Å². The van der Waals surface area contributed by atoms with E-state index in [4.69, 9.17) is 0 Å². The Morgan fingerprint density at radius 3 is 2.66 bits per heavy atom. The summed E-state index contributed by atoms with van der Waals surface area (Å²) in [4.78, 5) is 9.32. The van der Waals surface area contributed by atoms with Crippen molar-refractivity contribution < 1.29 is 0 Å². The van der Waals surface area contributed by atoms with Gasteiger partial charge in [0, 0.05) is 49.1 Å². The lowest BCUT2D eigenvalue weighted by molar-refractivity contribution is 0.360. The van der Waals surface area contributed by atoms with Crippen LogP contribution in [0.3, 0.4) is 0 Å². The van der Waals surface area contributed by atoms with E-state index < -0.39 is 0 Å². The quantitative estimate of drug-likeness (QED) is 0.564. The molecule has 1 aliphatic carbocycles. The van der Waals surface area contributed by atoms with Crippen molar-refractivity contribution in [3.05, 3.63) is 42.2 Å². The Hall–Kier alpha value is -2.84. The topological polar surface area (TPSA) is 73.8 Å². The van der Waals surface area contributed by atoms with Gasteiger partial charge in [-0.25, -0.2) is 4.98 Å². The van der Waals surface area contributed by atoms with E-state index in [0.29, 0.717) is 6.04 Å². The van der Waals surface area contributed by atoms with E-state index in [1.165, 1.54) is 13.1 Å². The number of H-pyrrole nitrogens is 1. The molecule has 8 heteroatoms. The molecule has 1 N–H and O–H groups in total. The molecule has 0 spiro atoms. The molecule has 7 nitrogen and oxygen atoms in total. The molecular formula is C21H21N7S. The molecule has 0 radical (unpaired) electrons. The number of likely N-dealkylation sites (tertiary alicyclic amines) is 1. The summed E-state index contributed by atoms with van der Waals surface area (Å²) in [5.74, 6) is 2.50. The fourth-order valence-corrected chi connectivity index (χ4v) is 5.71.